The van der Waals surface area contributed by atoms with Crippen molar-refractivity contribution in [2.24, 2.45) is 5.41 Å². The minimum absolute atomic E-state index is 0.0509. The first-order valence-corrected chi connectivity index (χ1v) is 16.3. The van der Waals surface area contributed by atoms with Gasteiger partial charge in [-0.1, -0.05) is 49.2 Å². The number of carbonyl (C=O) groups is 1. The van der Waals surface area contributed by atoms with Crippen LogP contribution in [0.4, 0.5) is 5.69 Å². The number of piperazine rings is 1. The van der Waals surface area contributed by atoms with Crippen molar-refractivity contribution in [1.29, 1.82) is 0 Å². The quantitative estimate of drug-likeness (QED) is 0.345. The summed E-state index contributed by atoms with van der Waals surface area (Å²) in [7, 11) is -3.96. The molecule has 0 atom stereocenters. The molecule has 42 heavy (non-hydrogen) atoms. The zero-order valence-electron chi connectivity index (χ0n) is 24.6. The zero-order chi connectivity index (χ0) is 29.9. The molecule has 1 N–H and O–H groups in total. The van der Waals surface area contributed by atoms with E-state index in [9.17, 15) is 13.2 Å². The van der Waals surface area contributed by atoms with Gasteiger partial charge in [-0.3, -0.25) is 14.7 Å². The molecule has 1 aliphatic carbocycles. The normalized spacial score (nSPS) is 17.8. The van der Waals surface area contributed by atoms with Crippen LogP contribution in [0.25, 0.3) is 5.57 Å². The molecule has 2 aromatic carbocycles. The lowest BCUT2D eigenvalue weighted by molar-refractivity contribution is -0.118. The van der Waals surface area contributed by atoms with Crippen molar-refractivity contribution in [3.05, 3.63) is 94.3 Å². The highest BCUT2D eigenvalue weighted by Crippen LogP contribution is 2.43. The number of nitrogens with zero attached hydrogens (tertiary/aromatic N) is 3. The van der Waals surface area contributed by atoms with Gasteiger partial charge < -0.3 is 4.90 Å². The number of anilines is 1. The van der Waals surface area contributed by atoms with Gasteiger partial charge in [0.2, 0.25) is 5.91 Å². The third-order valence-electron chi connectivity index (χ3n) is 8.26. The number of rotatable bonds is 8. The van der Waals surface area contributed by atoms with Crippen LogP contribution in [-0.2, 0) is 21.2 Å². The summed E-state index contributed by atoms with van der Waals surface area (Å²) in [5.41, 5.74) is 7.03. The van der Waals surface area contributed by atoms with Crippen LogP contribution >= 0.6 is 11.6 Å². The average molecular weight is 607 g/mol. The van der Waals surface area contributed by atoms with Gasteiger partial charge >= 0.3 is 0 Å². The van der Waals surface area contributed by atoms with Crippen LogP contribution < -0.4 is 9.62 Å². The number of halogens is 1. The number of nitrogens with one attached hydrogen (secondary N) is 1. The van der Waals surface area contributed by atoms with Crippen LogP contribution in [0.15, 0.2) is 77.3 Å². The molecular weight excluding hydrogens is 568 g/mol. The number of amides is 1. The van der Waals surface area contributed by atoms with E-state index in [1.807, 2.05) is 31.2 Å². The van der Waals surface area contributed by atoms with E-state index >= 15 is 0 Å². The van der Waals surface area contributed by atoms with Gasteiger partial charge in [-0.2, -0.15) is 0 Å². The fourth-order valence-electron chi connectivity index (χ4n) is 5.77. The van der Waals surface area contributed by atoms with Crippen molar-refractivity contribution in [2.75, 3.05) is 37.6 Å². The van der Waals surface area contributed by atoms with Gasteiger partial charge in [0.15, 0.2) is 0 Å². The van der Waals surface area contributed by atoms with Gasteiger partial charge in [0, 0.05) is 55.3 Å². The molecule has 1 fully saturated rings. The number of benzene rings is 2. The summed E-state index contributed by atoms with van der Waals surface area (Å²) < 4.78 is 27.8. The molecule has 0 saturated carbocycles. The molecule has 7 nitrogen and oxygen atoms in total. The monoisotopic (exact) mass is 606 g/mol. The van der Waals surface area contributed by atoms with Crippen LogP contribution in [0.3, 0.4) is 0 Å². The molecule has 0 unspecified atom stereocenters. The second-order valence-electron chi connectivity index (χ2n) is 12.2. The molecule has 2 aliphatic rings. The summed E-state index contributed by atoms with van der Waals surface area (Å²) in [4.78, 5) is 21.4. The fraction of sp³-hybridized carbons (Fsp3) is 0.394. The number of hydrogen-bond donors (Lipinski definition) is 1. The number of allylic oxidation sites excluding steroid dienone is 1. The van der Waals surface area contributed by atoms with E-state index in [4.69, 9.17) is 11.6 Å². The van der Waals surface area contributed by atoms with Crippen molar-refractivity contribution in [3.8, 4) is 0 Å². The van der Waals surface area contributed by atoms with E-state index in [1.54, 1.807) is 30.5 Å². The van der Waals surface area contributed by atoms with Gasteiger partial charge in [0.25, 0.3) is 10.0 Å². The van der Waals surface area contributed by atoms with E-state index in [-0.39, 0.29) is 16.7 Å². The van der Waals surface area contributed by atoms with Gasteiger partial charge in [-0.15, -0.1) is 0 Å². The molecule has 0 radical (unpaired) electrons. The molecule has 222 valence electrons. The highest BCUT2D eigenvalue weighted by molar-refractivity contribution is 7.90. The van der Waals surface area contributed by atoms with Crippen molar-refractivity contribution in [1.82, 2.24) is 14.6 Å². The zero-order valence-corrected chi connectivity index (χ0v) is 26.1. The molecular formula is C33H39ClN4O3S. The Bertz CT molecular complexity index is 1540. The standard InChI is InChI=1S/C33H39ClN4O3S/c1-24-4-5-25(22-35-24)20-32(39)36-42(40,41)30-12-10-29(11-13-30)38-18-16-37(17-19-38)23-27-14-15-33(2,3)21-31(27)26-6-8-28(34)9-7-26/h4-13,22H,14-21,23H2,1-3H3,(H,36,39). The van der Waals surface area contributed by atoms with Crippen molar-refractivity contribution in [2.45, 2.75) is 51.3 Å². The second-order valence-corrected chi connectivity index (χ2v) is 14.3. The predicted octanol–water partition coefficient (Wildman–Crippen LogP) is 5.88. The Morgan fingerprint density at radius 2 is 1.67 bits per heavy atom. The smallest absolute Gasteiger partial charge is 0.264 e. The second kappa shape index (κ2) is 12.6. The summed E-state index contributed by atoms with van der Waals surface area (Å²) in [6, 6.07) is 18.6. The Balaban J connectivity index is 1.18. The number of sulfonamides is 1. The van der Waals surface area contributed by atoms with E-state index in [0.717, 1.165) is 62.0 Å². The first-order chi connectivity index (χ1) is 20.0. The molecule has 3 aromatic rings. The van der Waals surface area contributed by atoms with Crippen LogP contribution in [0.5, 0.6) is 0 Å². The average Bonchev–Trinajstić information content (AvgIpc) is 2.96. The SMILES string of the molecule is Cc1ccc(CC(=O)NS(=O)(=O)c2ccc(N3CCN(CC4=C(c5ccc(Cl)cc5)CC(C)(C)CC4)CC3)cc2)cn1. The molecule has 2 heterocycles. The Morgan fingerprint density at radius 3 is 2.31 bits per heavy atom. The number of aromatic nitrogens is 1. The van der Waals surface area contributed by atoms with Crippen LogP contribution in [-0.4, -0.2) is 56.9 Å². The van der Waals surface area contributed by atoms with Crippen molar-refractivity contribution in [3.63, 3.8) is 0 Å². The van der Waals surface area contributed by atoms with Crippen molar-refractivity contribution >= 4 is 38.8 Å². The molecule has 1 saturated heterocycles. The fourth-order valence-corrected chi connectivity index (χ4v) is 6.88. The van der Waals surface area contributed by atoms with Gasteiger partial charge in [0.05, 0.1) is 11.3 Å². The lowest BCUT2D eigenvalue weighted by Crippen LogP contribution is -2.47. The summed E-state index contributed by atoms with van der Waals surface area (Å²) in [5, 5.41) is 0.762. The lowest BCUT2D eigenvalue weighted by Gasteiger charge is -2.39. The number of hydrogen-bond acceptors (Lipinski definition) is 6. The maximum absolute atomic E-state index is 12.8. The van der Waals surface area contributed by atoms with Gasteiger partial charge in [0.1, 0.15) is 0 Å². The molecule has 1 aliphatic heterocycles. The Morgan fingerprint density at radius 1 is 0.976 bits per heavy atom. The third kappa shape index (κ3) is 7.60. The van der Waals surface area contributed by atoms with E-state index in [1.165, 1.54) is 23.1 Å². The minimum Gasteiger partial charge on any atom is -0.369 e. The summed E-state index contributed by atoms with van der Waals surface area (Å²) >= 11 is 6.17. The molecule has 0 spiro atoms. The van der Waals surface area contributed by atoms with Crippen LogP contribution in [0.2, 0.25) is 5.02 Å². The maximum Gasteiger partial charge on any atom is 0.264 e. The third-order valence-corrected chi connectivity index (χ3v) is 9.90. The van der Waals surface area contributed by atoms with Gasteiger partial charge in [-0.25, -0.2) is 13.1 Å². The minimum atomic E-state index is -3.96. The largest absolute Gasteiger partial charge is 0.369 e. The number of carbonyl (C=O) groups excluding carboxylic acids is 1. The summed E-state index contributed by atoms with van der Waals surface area (Å²) in [5.74, 6) is -0.586. The van der Waals surface area contributed by atoms with Crippen LogP contribution in [0, 0.1) is 12.3 Å². The van der Waals surface area contributed by atoms with Crippen molar-refractivity contribution < 1.29 is 13.2 Å². The molecule has 5 rings (SSSR count). The summed E-state index contributed by atoms with van der Waals surface area (Å²) in [6.45, 7) is 11.1. The Kier molecular flexibility index (Phi) is 9.06. The molecule has 1 aromatic heterocycles. The van der Waals surface area contributed by atoms with E-state index in [2.05, 4.69) is 45.5 Å². The highest BCUT2D eigenvalue weighted by Gasteiger charge is 2.29. The number of pyridine rings is 1. The Labute approximate surface area is 254 Å². The van der Waals surface area contributed by atoms with E-state index < -0.39 is 15.9 Å². The number of aryl methyl sites for hydroxylation is 1. The summed E-state index contributed by atoms with van der Waals surface area (Å²) in [6.07, 6.45) is 4.91. The highest BCUT2D eigenvalue weighted by atomic mass is 35.5. The van der Waals surface area contributed by atoms with E-state index in [0.29, 0.717) is 5.56 Å². The molecule has 1 amide bonds. The molecule has 9 heteroatoms. The first kappa shape index (κ1) is 30.3. The molecule has 0 bridgehead atoms. The first-order valence-electron chi connectivity index (χ1n) is 14.5. The maximum atomic E-state index is 12.8. The Hall–Kier alpha value is -3.20. The van der Waals surface area contributed by atoms with Gasteiger partial charge in [-0.05, 0) is 90.8 Å². The topological polar surface area (TPSA) is 82.6 Å². The lowest BCUT2D eigenvalue weighted by atomic mass is 9.72. The predicted molar refractivity (Wildman–Crippen MR) is 169 cm³/mol. The van der Waals surface area contributed by atoms with Crippen LogP contribution in [0.1, 0.15) is 49.9 Å².